The number of carbonyl (C=O) groups is 2. The van der Waals surface area contributed by atoms with Gasteiger partial charge in [-0.2, -0.15) is 0 Å². The maximum absolute atomic E-state index is 13.3. The Labute approximate surface area is 187 Å². The summed E-state index contributed by atoms with van der Waals surface area (Å²) >= 11 is 5.99. The number of para-hydroxylation sites is 1. The molecule has 0 saturated carbocycles. The number of nitrogens with zero attached hydrogens (tertiary/aromatic N) is 1. The van der Waals surface area contributed by atoms with Gasteiger partial charge in [0.15, 0.2) is 0 Å². The largest absolute Gasteiger partial charge is 0.496 e. The number of rotatable bonds is 8. The van der Waals surface area contributed by atoms with Crippen molar-refractivity contribution in [2.24, 2.45) is 0 Å². The highest BCUT2D eigenvalue weighted by Gasteiger charge is 2.29. The second kappa shape index (κ2) is 10.6. The Balaban J connectivity index is 1.88. The van der Waals surface area contributed by atoms with Gasteiger partial charge in [0.05, 0.1) is 7.11 Å². The first-order valence-electron chi connectivity index (χ1n) is 9.96. The second-order valence-corrected chi connectivity index (χ2v) is 7.55. The van der Waals surface area contributed by atoms with Crippen LogP contribution >= 0.6 is 11.6 Å². The third kappa shape index (κ3) is 5.86. The predicted molar refractivity (Wildman–Crippen MR) is 122 cm³/mol. The molecule has 0 saturated heterocycles. The Kier molecular flexibility index (Phi) is 7.68. The predicted octanol–water partition coefficient (Wildman–Crippen LogP) is 4.75. The molecule has 1 N–H and O–H groups in total. The van der Waals surface area contributed by atoms with Crippen LogP contribution in [0.3, 0.4) is 0 Å². The number of hydrogen-bond donors (Lipinski definition) is 1. The summed E-state index contributed by atoms with van der Waals surface area (Å²) in [6.45, 7) is 2.05. The van der Waals surface area contributed by atoms with Crippen LogP contribution in [0.15, 0.2) is 78.9 Å². The van der Waals surface area contributed by atoms with Crippen molar-refractivity contribution in [3.05, 3.63) is 101 Å². The monoisotopic (exact) mass is 436 g/mol. The molecule has 3 aromatic carbocycles. The van der Waals surface area contributed by atoms with Crippen molar-refractivity contribution in [1.82, 2.24) is 10.2 Å². The zero-order valence-corrected chi connectivity index (χ0v) is 18.3. The number of nitrogens with one attached hydrogen (secondary N) is 1. The van der Waals surface area contributed by atoms with E-state index in [0.717, 1.165) is 16.7 Å². The molecule has 5 nitrogen and oxygen atoms in total. The quantitative estimate of drug-likeness (QED) is 0.554. The first-order chi connectivity index (χ1) is 15.0. The summed E-state index contributed by atoms with van der Waals surface area (Å²) < 4.78 is 5.37. The second-order valence-electron chi connectivity index (χ2n) is 7.12. The molecule has 6 heteroatoms. The number of hydrogen-bond acceptors (Lipinski definition) is 3. The fraction of sp³-hybridized carbons (Fsp3) is 0.200. The minimum Gasteiger partial charge on any atom is -0.496 e. The van der Waals surface area contributed by atoms with Gasteiger partial charge in [-0.25, -0.2) is 0 Å². The van der Waals surface area contributed by atoms with Crippen molar-refractivity contribution in [2.45, 2.75) is 26.1 Å². The van der Waals surface area contributed by atoms with E-state index >= 15 is 0 Å². The van der Waals surface area contributed by atoms with Crippen molar-refractivity contribution < 1.29 is 14.3 Å². The average Bonchev–Trinajstić information content (AvgIpc) is 2.79. The number of amides is 2. The van der Waals surface area contributed by atoms with Crippen LogP contribution in [0, 0.1) is 0 Å². The first kappa shape index (κ1) is 22.4. The fourth-order valence-corrected chi connectivity index (χ4v) is 3.53. The molecule has 3 rings (SSSR count). The van der Waals surface area contributed by atoms with Crippen LogP contribution in [-0.2, 0) is 22.7 Å². The van der Waals surface area contributed by atoms with Gasteiger partial charge >= 0.3 is 0 Å². The van der Waals surface area contributed by atoms with E-state index in [-0.39, 0.29) is 18.4 Å². The maximum Gasteiger partial charge on any atom is 0.247 e. The number of halogens is 1. The molecule has 31 heavy (non-hydrogen) atoms. The summed E-state index contributed by atoms with van der Waals surface area (Å²) in [5, 5.41) is 3.59. The smallest absolute Gasteiger partial charge is 0.247 e. The number of benzene rings is 3. The van der Waals surface area contributed by atoms with Crippen LogP contribution in [-0.4, -0.2) is 23.8 Å². The highest BCUT2D eigenvalue weighted by atomic mass is 35.5. The lowest BCUT2D eigenvalue weighted by Gasteiger charge is -2.30. The van der Waals surface area contributed by atoms with Crippen molar-refractivity contribution in [1.29, 1.82) is 0 Å². The van der Waals surface area contributed by atoms with E-state index in [4.69, 9.17) is 16.3 Å². The Morgan fingerprint density at radius 3 is 2.26 bits per heavy atom. The summed E-state index contributed by atoms with van der Waals surface area (Å²) in [6, 6.07) is 23.3. The van der Waals surface area contributed by atoms with E-state index < -0.39 is 6.04 Å². The zero-order valence-electron chi connectivity index (χ0n) is 17.5. The molecule has 0 aliphatic rings. The molecule has 1 atom stereocenters. The molecule has 0 aliphatic heterocycles. The molecule has 3 aromatic rings. The molecule has 0 unspecified atom stereocenters. The van der Waals surface area contributed by atoms with E-state index in [1.807, 2.05) is 66.7 Å². The Morgan fingerprint density at radius 2 is 1.61 bits per heavy atom. The van der Waals surface area contributed by atoms with Crippen LogP contribution in [0.25, 0.3) is 0 Å². The van der Waals surface area contributed by atoms with Gasteiger partial charge in [-0.3, -0.25) is 9.59 Å². The lowest BCUT2D eigenvalue weighted by Crippen LogP contribution is -2.42. The Hall–Kier alpha value is -3.31. The van der Waals surface area contributed by atoms with Crippen LogP contribution in [0.2, 0.25) is 5.02 Å². The van der Waals surface area contributed by atoms with Crippen molar-refractivity contribution in [3.63, 3.8) is 0 Å². The molecule has 0 radical (unpaired) electrons. The third-order valence-corrected chi connectivity index (χ3v) is 5.24. The summed E-state index contributed by atoms with van der Waals surface area (Å²) in [5.74, 6) is 0.237. The van der Waals surface area contributed by atoms with Crippen LogP contribution in [0.4, 0.5) is 0 Å². The van der Waals surface area contributed by atoms with Gasteiger partial charge < -0.3 is 15.0 Å². The van der Waals surface area contributed by atoms with Crippen LogP contribution < -0.4 is 10.1 Å². The molecule has 0 fully saturated rings. The Morgan fingerprint density at radius 1 is 0.968 bits per heavy atom. The third-order valence-electron chi connectivity index (χ3n) is 4.99. The SMILES string of the molecule is COc1ccccc1CNC(=O)[C@@H](c1ccccc1)N(Cc1ccc(Cl)cc1)C(C)=O. The van der Waals surface area contributed by atoms with Gasteiger partial charge in [-0.15, -0.1) is 0 Å². The fourth-order valence-electron chi connectivity index (χ4n) is 3.41. The minimum atomic E-state index is -0.774. The molecular weight excluding hydrogens is 412 g/mol. The van der Waals surface area contributed by atoms with Crippen molar-refractivity contribution in [2.75, 3.05) is 7.11 Å². The molecule has 160 valence electrons. The molecule has 0 aromatic heterocycles. The maximum atomic E-state index is 13.3. The van der Waals surface area contributed by atoms with Gasteiger partial charge in [-0.1, -0.05) is 72.3 Å². The molecule has 0 spiro atoms. The van der Waals surface area contributed by atoms with Gasteiger partial charge in [0.2, 0.25) is 11.8 Å². The highest BCUT2D eigenvalue weighted by molar-refractivity contribution is 6.30. The summed E-state index contributed by atoms with van der Waals surface area (Å²) in [6.07, 6.45) is 0. The number of methoxy groups -OCH3 is 1. The summed E-state index contributed by atoms with van der Waals surface area (Å²) in [5.41, 5.74) is 2.49. The summed E-state index contributed by atoms with van der Waals surface area (Å²) in [7, 11) is 1.59. The van der Waals surface area contributed by atoms with Crippen molar-refractivity contribution in [3.8, 4) is 5.75 Å². The van der Waals surface area contributed by atoms with E-state index in [9.17, 15) is 9.59 Å². The number of ether oxygens (including phenoxy) is 1. The van der Waals surface area contributed by atoms with Gasteiger partial charge in [0.25, 0.3) is 0 Å². The summed E-state index contributed by atoms with van der Waals surface area (Å²) in [4.78, 5) is 27.5. The lowest BCUT2D eigenvalue weighted by atomic mass is 10.0. The molecule has 2 amide bonds. The van der Waals surface area contributed by atoms with Gasteiger partial charge in [0, 0.05) is 30.6 Å². The van der Waals surface area contributed by atoms with Crippen LogP contribution in [0.1, 0.15) is 29.7 Å². The molecular formula is C25H25ClN2O3. The van der Waals surface area contributed by atoms with Crippen LogP contribution in [0.5, 0.6) is 5.75 Å². The van der Waals surface area contributed by atoms with Crippen molar-refractivity contribution >= 4 is 23.4 Å². The Bertz CT molecular complexity index is 1020. The molecule has 0 heterocycles. The standard InChI is InChI=1S/C25H25ClN2O3/c1-18(29)28(17-19-12-14-22(26)15-13-19)24(20-8-4-3-5-9-20)25(30)27-16-21-10-6-7-11-23(21)31-2/h3-15,24H,16-17H2,1-2H3,(H,27,30)/t24-/m1/s1. The normalized spacial score (nSPS) is 11.5. The lowest BCUT2D eigenvalue weighted by molar-refractivity contribution is -0.140. The zero-order chi connectivity index (χ0) is 22.2. The van der Waals surface area contributed by atoms with Gasteiger partial charge in [-0.05, 0) is 29.3 Å². The first-order valence-corrected chi connectivity index (χ1v) is 10.3. The van der Waals surface area contributed by atoms with Gasteiger partial charge in [0.1, 0.15) is 11.8 Å². The topological polar surface area (TPSA) is 58.6 Å². The highest BCUT2D eigenvalue weighted by Crippen LogP contribution is 2.25. The van der Waals surface area contributed by atoms with E-state index in [1.165, 1.54) is 6.92 Å². The number of carbonyl (C=O) groups excluding carboxylic acids is 2. The average molecular weight is 437 g/mol. The van der Waals surface area contributed by atoms with E-state index in [0.29, 0.717) is 17.3 Å². The molecule has 0 aliphatic carbocycles. The minimum absolute atomic E-state index is 0.198. The molecule has 0 bridgehead atoms. The van der Waals surface area contributed by atoms with E-state index in [1.54, 1.807) is 24.1 Å². The van der Waals surface area contributed by atoms with E-state index in [2.05, 4.69) is 5.32 Å².